The van der Waals surface area contributed by atoms with E-state index in [0.29, 0.717) is 11.6 Å². The molecule has 0 bridgehead atoms. The summed E-state index contributed by atoms with van der Waals surface area (Å²) in [4.78, 5) is 2.28. The molecule has 30 heavy (non-hydrogen) atoms. The van der Waals surface area contributed by atoms with Crippen molar-refractivity contribution in [3.63, 3.8) is 0 Å². The topological polar surface area (TPSA) is 86.8 Å². The highest BCUT2D eigenvalue weighted by Gasteiger charge is 2.23. The van der Waals surface area contributed by atoms with Gasteiger partial charge in [0.2, 0.25) is 10.0 Å². The Balaban J connectivity index is 1.89. The third kappa shape index (κ3) is 4.79. The monoisotopic (exact) mass is 451 g/mol. The van der Waals surface area contributed by atoms with Gasteiger partial charge in [0, 0.05) is 27.2 Å². The zero-order chi connectivity index (χ0) is 22.1. The van der Waals surface area contributed by atoms with Gasteiger partial charge in [-0.25, -0.2) is 21.1 Å². The van der Waals surface area contributed by atoms with E-state index in [4.69, 9.17) is 0 Å². The quantitative estimate of drug-likeness (QED) is 0.728. The first kappa shape index (κ1) is 22.6. The Morgan fingerprint density at radius 1 is 0.933 bits per heavy atom. The Morgan fingerprint density at radius 2 is 1.50 bits per heavy atom. The summed E-state index contributed by atoms with van der Waals surface area (Å²) < 4.78 is 54.2. The molecule has 0 radical (unpaired) electrons. The van der Waals surface area contributed by atoms with Crippen LogP contribution in [0.15, 0.2) is 52.3 Å². The maximum atomic E-state index is 13.0. The summed E-state index contributed by atoms with van der Waals surface area (Å²) >= 11 is 0. The second kappa shape index (κ2) is 8.56. The van der Waals surface area contributed by atoms with Crippen LogP contribution in [-0.2, 0) is 20.0 Å². The molecule has 1 N–H and O–H groups in total. The summed E-state index contributed by atoms with van der Waals surface area (Å²) in [5, 5.41) is 0. The number of nitrogens with one attached hydrogen (secondary N) is 1. The summed E-state index contributed by atoms with van der Waals surface area (Å²) in [6, 6.07) is 10.9. The summed E-state index contributed by atoms with van der Waals surface area (Å²) in [7, 11) is -4.62. The van der Waals surface area contributed by atoms with Crippen LogP contribution in [0, 0.1) is 12.8 Å². The SMILES string of the molecule is Cc1ccc(NS(=O)(=O)c2ccc(S(=O)(=O)N(C)C)cc2)c(N2CCC(C)CC2)c1. The number of rotatable bonds is 6. The van der Waals surface area contributed by atoms with Crippen LogP contribution in [0.1, 0.15) is 25.3 Å². The van der Waals surface area contributed by atoms with Crippen LogP contribution in [0.4, 0.5) is 11.4 Å². The number of hydrogen-bond donors (Lipinski definition) is 1. The lowest BCUT2D eigenvalue weighted by molar-refractivity contribution is 0.438. The van der Waals surface area contributed by atoms with Crippen LogP contribution in [0.3, 0.4) is 0 Å². The van der Waals surface area contributed by atoms with Crippen molar-refractivity contribution in [3.8, 4) is 0 Å². The summed E-state index contributed by atoms with van der Waals surface area (Å²) in [6.07, 6.45) is 2.14. The molecule has 2 aromatic rings. The van der Waals surface area contributed by atoms with Crippen molar-refractivity contribution in [2.45, 2.75) is 36.5 Å². The molecule has 0 unspecified atom stereocenters. The van der Waals surface area contributed by atoms with E-state index in [9.17, 15) is 16.8 Å². The Labute approximate surface area is 179 Å². The molecule has 1 saturated heterocycles. The molecule has 0 amide bonds. The molecule has 0 atom stereocenters. The third-order valence-electron chi connectivity index (χ3n) is 5.43. The van der Waals surface area contributed by atoms with Gasteiger partial charge in [-0.15, -0.1) is 0 Å². The van der Waals surface area contributed by atoms with Crippen LogP contribution in [-0.4, -0.2) is 48.3 Å². The zero-order valence-corrected chi connectivity index (χ0v) is 19.4. The molecule has 1 heterocycles. The molecule has 0 spiro atoms. The minimum Gasteiger partial charge on any atom is -0.370 e. The van der Waals surface area contributed by atoms with Crippen molar-refractivity contribution in [1.82, 2.24) is 4.31 Å². The van der Waals surface area contributed by atoms with Crippen LogP contribution in [0.2, 0.25) is 0 Å². The normalized spacial score (nSPS) is 16.1. The number of aryl methyl sites for hydroxylation is 1. The molecular formula is C21H29N3O4S2. The van der Waals surface area contributed by atoms with Gasteiger partial charge >= 0.3 is 0 Å². The molecule has 164 valence electrons. The maximum Gasteiger partial charge on any atom is 0.261 e. The second-order valence-corrected chi connectivity index (χ2v) is 11.9. The minimum absolute atomic E-state index is 0.0130. The standard InChI is InChI=1S/C21H29N3O4S2/c1-16-11-13-24(14-12-16)21-15-17(2)5-10-20(21)22-29(25,26)18-6-8-19(9-7-18)30(27,28)23(3)4/h5-10,15-16,22H,11-14H2,1-4H3. The Hall–Kier alpha value is -2.10. The molecule has 9 heteroatoms. The minimum atomic E-state index is -3.87. The first-order chi connectivity index (χ1) is 14.0. The Bertz CT molecular complexity index is 1100. The van der Waals surface area contributed by atoms with E-state index in [1.54, 1.807) is 6.07 Å². The highest BCUT2D eigenvalue weighted by molar-refractivity contribution is 7.92. The summed E-state index contributed by atoms with van der Waals surface area (Å²) in [5.41, 5.74) is 2.46. The fourth-order valence-corrected chi connectivity index (χ4v) is 5.42. The maximum absolute atomic E-state index is 13.0. The molecule has 7 nitrogen and oxygen atoms in total. The first-order valence-electron chi connectivity index (χ1n) is 9.92. The molecular weight excluding hydrogens is 422 g/mol. The predicted molar refractivity (Wildman–Crippen MR) is 120 cm³/mol. The molecule has 1 fully saturated rings. The predicted octanol–water partition coefficient (Wildman–Crippen LogP) is 3.28. The van der Waals surface area contributed by atoms with Gasteiger partial charge in [-0.1, -0.05) is 13.0 Å². The number of sulfonamides is 2. The van der Waals surface area contributed by atoms with E-state index in [0.717, 1.165) is 41.5 Å². The average Bonchev–Trinajstić information content (AvgIpc) is 2.70. The number of benzene rings is 2. The van der Waals surface area contributed by atoms with Crippen molar-refractivity contribution < 1.29 is 16.8 Å². The Kier molecular flexibility index (Phi) is 6.45. The van der Waals surface area contributed by atoms with Crippen molar-refractivity contribution in [3.05, 3.63) is 48.0 Å². The highest BCUT2D eigenvalue weighted by atomic mass is 32.2. The lowest BCUT2D eigenvalue weighted by Crippen LogP contribution is -2.33. The van der Waals surface area contributed by atoms with Crippen LogP contribution >= 0.6 is 0 Å². The lowest BCUT2D eigenvalue weighted by atomic mass is 9.98. The molecule has 1 aliphatic heterocycles. The third-order valence-corrected chi connectivity index (χ3v) is 8.65. The summed E-state index contributed by atoms with van der Waals surface area (Å²) in [6.45, 7) is 5.99. The van der Waals surface area contributed by atoms with Gasteiger partial charge < -0.3 is 4.90 Å². The van der Waals surface area contributed by atoms with Gasteiger partial charge in [0.15, 0.2) is 0 Å². The fraction of sp³-hybridized carbons (Fsp3) is 0.429. The van der Waals surface area contributed by atoms with Crippen molar-refractivity contribution in [2.75, 3.05) is 36.8 Å². The molecule has 3 rings (SSSR count). The van der Waals surface area contributed by atoms with Gasteiger partial charge in [0.05, 0.1) is 21.2 Å². The van der Waals surface area contributed by atoms with E-state index in [1.165, 1.54) is 38.4 Å². The van der Waals surface area contributed by atoms with Crippen LogP contribution in [0.25, 0.3) is 0 Å². The van der Waals surface area contributed by atoms with Crippen LogP contribution < -0.4 is 9.62 Å². The molecule has 1 aliphatic rings. The second-order valence-electron chi connectivity index (χ2n) is 8.05. The molecule has 0 saturated carbocycles. The highest BCUT2D eigenvalue weighted by Crippen LogP contribution is 2.32. The molecule has 2 aromatic carbocycles. The van der Waals surface area contributed by atoms with Gasteiger partial charge in [-0.05, 0) is 67.6 Å². The van der Waals surface area contributed by atoms with E-state index in [1.807, 2.05) is 19.1 Å². The summed E-state index contributed by atoms with van der Waals surface area (Å²) in [5.74, 6) is 0.670. The van der Waals surface area contributed by atoms with E-state index in [-0.39, 0.29) is 9.79 Å². The van der Waals surface area contributed by atoms with E-state index in [2.05, 4.69) is 16.5 Å². The molecule has 0 aliphatic carbocycles. The number of hydrogen-bond acceptors (Lipinski definition) is 5. The van der Waals surface area contributed by atoms with E-state index >= 15 is 0 Å². The van der Waals surface area contributed by atoms with Gasteiger partial charge in [0.25, 0.3) is 10.0 Å². The van der Waals surface area contributed by atoms with Crippen molar-refractivity contribution in [1.29, 1.82) is 0 Å². The smallest absolute Gasteiger partial charge is 0.261 e. The lowest BCUT2D eigenvalue weighted by Gasteiger charge is -2.33. The fourth-order valence-electron chi connectivity index (χ4n) is 3.44. The largest absolute Gasteiger partial charge is 0.370 e. The van der Waals surface area contributed by atoms with Crippen LogP contribution in [0.5, 0.6) is 0 Å². The average molecular weight is 452 g/mol. The van der Waals surface area contributed by atoms with Gasteiger partial charge in [-0.2, -0.15) is 0 Å². The van der Waals surface area contributed by atoms with E-state index < -0.39 is 20.0 Å². The Morgan fingerprint density at radius 3 is 2.07 bits per heavy atom. The number of piperidine rings is 1. The van der Waals surface area contributed by atoms with Crippen molar-refractivity contribution >= 4 is 31.4 Å². The zero-order valence-electron chi connectivity index (χ0n) is 17.8. The first-order valence-corrected chi connectivity index (χ1v) is 12.8. The van der Waals surface area contributed by atoms with Gasteiger partial charge in [-0.3, -0.25) is 4.72 Å². The number of nitrogens with zero attached hydrogens (tertiary/aromatic N) is 2. The number of anilines is 2. The molecule has 0 aromatic heterocycles. The van der Waals surface area contributed by atoms with Gasteiger partial charge in [0.1, 0.15) is 0 Å². The van der Waals surface area contributed by atoms with Crippen molar-refractivity contribution in [2.24, 2.45) is 5.92 Å².